The Kier molecular flexibility index (Phi) is 2.76. The van der Waals surface area contributed by atoms with E-state index in [2.05, 4.69) is 20.9 Å². The van der Waals surface area contributed by atoms with Gasteiger partial charge in [0.15, 0.2) is 5.58 Å². The molecule has 90 valence electrons. The van der Waals surface area contributed by atoms with Crippen molar-refractivity contribution in [2.24, 2.45) is 0 Å². The number of benzene rings is 2. The Morgan fingerprint density at radius 2 is 1.94 bits per heavy atom. The van der Waals surface area contributed by atoms with Crippen molar-refractivity contribution < 1.29 is 4.42 Å². The average molecular weight is 324 g/mol. The molecule has 2 N–H and O–H groups in total. The number of hydrogen-bond donors (Lipinski definition) is 1. The zero-order valence-electron chi connectivity index (χ0n) is 9.15. The summed E-state index contributed by atoms with van der Waals surface area (Å²) in [7, 11) is 0. The lowest BCUT2D eigenvalue weighted by molar-refractivity contribution is 0.618. The number of nitrogens with zero attached hydrogens (tertiary/aromatic N) is 1. The second-order valence-electron chi connectivity index (χ2n) is 3.81. The normalized spacial score (nSPS) is 11.0. The molecule has 18 heavy (non-hydrogen) atoms. The van der Waals surface area contributed by atoms with Crippen molar-refractivity contribution in [2.75, 3.05) is 5.73 Å². The molecule has 0 fully saturated rings. The maximum Gasteiger partial charge on any atom is 0.230 e. The van der Waals surface area contributed by atoms with Crippen molar-refractivity contribution in [1.82, 2.24) is 4.98 Å². The van der Waals surface area contributed by atoms with Crippen LogP contribution in [0.5, 0.6) is 0 Å². The fraction of sp³-hybridized carbons (Fsp3) is 0. The summed E-state index contributed by atoms with van der Waals surface area (Å²) in [5, 5.41) is 0.526. The molecule has 0 saturated heterocycles. The SMILES string of the molecule is Nc1cccc(Cl)c1-c1nc2cccc(Br)c2o1. The van der Waals surface area contributed by atoms with E-state index in [1.807, 2.05) is 18.2 Å². The van der Waals surface area contributed by atoms with Crippen LogP contribution in [0.25, 0.3) is 22.6 Å². The number of oxazole rings is 1. The lowest BCUT2D eigenvalue weighted by Crippen LogP contribution is -1.90. The van der Waals surface area contributed by atoms with Gasteiger partial charge in [-0.25, -0.2) is 4.98 Å². The maximum absolute atomic E-state index is 6.14. The van der Waals surface area contributed by atoms with Gasteiger partial charge in [-0.3, -0.25) is 0 Å². The second kappa shape index (κ2) is 4.30. The Labute approximate surface area is 117 Å². The van der Waals surface area contributed by atoms with E-state index in [0.29, 0.717) is 27.7 Å². The summed E-state index contributed by atoms with van der Waals surface area (Å²) < 4.78 is 6.58. The minimum atomic E-state index is 0.431. The molecule has 5 heteroatoms. The molecule has 0 radical (unpaired) electrons. The van der Waals surface area contributed by atoms with Crippen LogP contribution in [0.3, 0.4) is 0 Å². The Balaban J connectivity index is 2.30. The van der Waals surface area contributed by atoms with Crippen LogP contribution in [0.1, 0.15) is 0 Å². The topological polar surface area (TPSA) is 52.0 Å². The molecule has 3 nitrogen and oxygen atoms in total. The Morgan fingerprint density at radius 3 is 2.67 bits per heavy atom. The number of halogens is 2. The number of anilines is 1. The Bertz CT molecular complexity index is 719. The summed E-state index contributed by atoms with van der Waals surface area (Å²) >= 11 is 9.56. The van der Waals surface area contributed by atoms with Crippen molar-refractivity contribution >= 4 is 44.3 Å². The number of nitrogens with two attached hydrogens (primary N) is 1. The summed E-state index contributed by atoms with van der Waals surface area (Å²) in [5.41, 5.74) is 8.54. The molecule has 0 amide bonds. The van der Waals surface area contributed by atoms with Gasteiger partial charge in [0.05, 0.1) is 15.1 Å². The largest absolute Gasteiger partial charge is 0.435 e. The van der Waals surface area contributed by atoms with Crippen molar-refractivity contribution in [1.29, 1.82) is 0 Å². The van der Waals surface area contributed by atoms with Gasteiger partial charge in [0.1, 0.15) is 5.52 Å². The summed E-state index contributed by atoms with van der Waals surface area (Å²) in [5.74, 6) is 0.431. The molecule has 0 saturated carbocycles. The lowest BCUT2D eigenvalue weighted by atomic mass is 10.2. The van der Waals surface area contributed by atoms with Crippen LogP contribution in [0.4, 0.5) is 5.69 Å². The third-order valence-electron chi connectivity index (χ3n) is 2.63. The molecule has 3 aromatic rings. The highest BCUT2D eigenvalue weighted by atomic mass is 79.9. The van der Waals surface area contributed by atoms with Crippen molar-refractivity contribution in [3.63, 3.8) is 0 Å². The molecule has 1 aromatic heterocycles. The highest BCUT2D eigenvalue weighted by Gasteiger charge is 2.15. The lowest BCUT2D eigenvalue weighted by Gasteiger charge is -2.02. The molecule has 0 spiro atoms. The highest BCUT2D eigenvalue weighted by Crippen LogP contribution is 2.35. The number of rotatable bonds is 1. The van der Waals surface area contributed by atoms with Crippen LogP contribution in [0, 0.1) is 0 Å². The van der Waals surface area contributed by atoms with Crippen LogP contribution >= 0.6 is 27.5 Å². The van der Waals surface area contributed by atoms with Crippen LogP contribution in [-0.2, 0) is 0 Å². The van der Waals surface area contributed by atoms with E-state index in [1.54, 1.807) is 18.2 Å². The molecular formula is C13H8BrClN2O. The van der Waals surface area contributed by atoms with Crippen LogP contribution in [-0.4, -0.2) is 4.98 Å². The number of fused-ring (bicyclic) bond motifs is 1. The first kappa shape index (κ1) is 11.6. The van der Waals surface area contributed by atoms with Crippen molar-refractivity contribution in [3.05, 3.63) is 45.9 Å². The molecular weight excluding hydrogens is 316 g/mol. The number of aromatic nitrogens is 1. The summed E-state index contributed by atoms with van der Waals surface area (Å²) in [4.78, 5) is 4.40. The average Bonchev–Trinajstić information content (AvgIpc) is 2.74. The zero-order chi connectivity index (χ0) is 12.7. The quantitative estimate of drug-likeness (QED) is 0.671. The van der Waals surface area contributed by atoms with E-state index in [1.165, 1.54) is 0 Å². The third kappa shape index (κ3) is 1.78. The highest BCUT2D eigenvalue weighted by molar-refractivity contribution is 9.10. The van der Waals surface area contributed by atoms with E-state index in [-0.39, 0.29) is 0 Å². The van der Waals surface area contributed by atoms with Crippen LogP contribution < -0.4 is 5.73 Å². The Morgan fingerprint density at radius 1 is 1.17 bits per heavy atom. The minimum absolute atomic E-state index is 0.431. The number of hydrogen-bond acceptors (Lipinski definition) is 3. The smallest absolute Gasteiger partial charge is 0.230 e. The van der Waals surface area contributed by atoms with Crippen molar-refractivity contribution in [3.8, 4) is 11.5 Å². The first-order chi connectivity index (χ1) is 8.66. The maximum atomic E-state index is 6.14. The molecule has 0 aliphatic heterocycles. The van der Waals surface area contributed by atoms with Crippen LogP contribution in [0.2, 0.25) is 5.02 Å². The molecule has 0 unspecified atom stereocenters. The first-order valence-corrected chi connectivity index (χ1v) is 6.43. The van der Waals surface area contributed by atoms with Gasteiger partial charge in [0.2, 0.25) is 5.89 Å². The van der Waals surface area contributed by atoms with Gasteiger partial charge in [-0.2, -0.15) is 0 Å². The van der Waals surface area contributed by atoms with E-state index in [0.717, 1.165) is 9.99 Å². The van der Waals surface area contributed by atoms with Gasteiger partial charge in [-0.15, -0.1) is 0 Å². The molecule has 0 aliphatic rings. The van der Waals surface area contributed by atoms with Gasteiger partial charge in [-0.1, -0.05) is 23.7 Å². The predicted molar refractivity (Wildman–Crippen MR) is 76.6 cm³/mol. The Hall–Kier alpha value is -1.52. The summed E-state index contributed by atoms with van der Waals surface area (Å²) in [6.07, 6.45) is 0. The summed E-state index contributed by atoms with van der Waals surface area (Å²) in [6.45, 7) is 0. The fourth-order valence-electron chi connectivity index (χ4n) is 1.79. The molecule has 0 bridgehead atoms. The predicted octanol–water partition coefficient (Wildman–Crippen LogP) is 4.49. The molecule has 0 aliphatic carbocycles. The second-order valence-corrected chi connectivity index (χ2v) is 5.07. The van der Waals surface area contributed by atoms with Gasteiger partial charge in [0, 0.05) is 5.69 Å². The van der Waals surface area contributed by atoms with Gasteiger partial charge >= 0.3 is 0 Å². The van der Waals surface area contributed by atoms with E-state index in [9.17, 15) is 0 Å². The number of nitrogen functional groups attached to an aromatic ring is 1. The standard InChI is InChI=1S/C13H8BrClN2O/c14-7-3-1-6-10-12(7)18-13(17-10)11-8(15)4-2-5-9(11)16/h1-6H,16H2. The van der Waals surface area contributed by atoms with E-state index >= 15 is 0 Å². The van der Waals surface area contributed by atoms with Gasteiger partial charge in [0.25, 0.3) is 0 Å². The molecule has 2 aromatic carbocycles. The first-order valence-electron chi connectivity index (χ1n) is 5.26. The minimum Gasteiger partial charge on any atom is -0.435 e. The van der Waals surface area contributed by atoms with Gasteiger partial charge in [-0.05, 0) is 40.2 Å². The van der Waals surface area contributed by atoms with E-state index < -0.39 is 0 Å². The fourth-order valence-corrected chi connectivity index (χ4v) is 2.49. The number of para-hydroxylation sites is 1. The summed E-state index contributed by atoms with van der Waals surface area (Å²) in [6, 6.07) is 11.0. The third-order valence-corrected chi connectivity index (χ3v) is 3.57. The van der Waals surface area contributed by atoms with Gasteiger partial charge < -0.3 is 10.2 Å². The van der Waals surface area contributed by atoms with Crippen molar-refractivity contribution in [2.45, 2.75) is 0 Å². The zero-order valence-corrected chi connectivity index (χ0v) is 11.5. The van der Waals surface area contributed by atoms with Crippen LogP contribution in [0.15, 0.2) is 45.3 Å². The van der Waals surface area contributed by atoms with E-state index in [4.69, 9.17) is 21.8 Å². The molecule has 3 rings (SSSR count). The monoisotopic (exact) mass is 322 g/mol. The molecule has 1 heterocycles. The molecule has 0 atom stereocenters.